The maximum absolute atomic E-state index is 5.55. The van der Waals surface area contributed by atoms with E-state index in [2.05, 4.69) is 10.3 Å². The van der Waals surface area contributed by atoms with E-state index in [0.29, 0.717) is 19.0 Å². The fourth-order valence-electron chi connectivity index (χ4n) is 1.62. The number of aromatic nitrogens is 1. The monoisotopic (exact) mass is 232 g/mol. The van der Waals surface area contributed by atoms with Gasteiger partial charge in [-0.05, 0) is 26.1 Å². The smallest absolute Gasteiger partial charge is 0.229 e. The Balaban J connectivity index is 2.31. The van der Waals surface area contributed by atoms with Gasteiger partial charge in [0.2, 0.25) is 5.89 Å². The number of para-hydroxylation sites is 1. The summed E-state index contributed by atoms with van der Waals surface area (Å²) in [6.07, 6.45) is 1.66. The van der Waals surface area contributed by atoms with E-state index in [1.807, 2.05) is 38.2 Å². The molecular formula is C13H16N2O2. The molecule has 0 fully saturated rings. The summed E-state index contributed by atoms with van der Waals surface area (Å²) in [6.45, 7) is 3.28. The lowest BCUT2D eigenvalue weighted by atomic mass is 10.2. The van der Waals surface area contributed by atoms with E-state index in [-0.39, 0.29) is 0 Å². The fraction of sp³-hybridized carbons (Fsp3) is 0.308. The summed E-state index contributed by atoms with van der Waals surface area (Å²) in [5, 5.41) is 3.03. The molecule has 0 radical (unpaired) electrons. The predicted octanol–water partition coefficient (Wildman–Crippen LogP) is 2.46. The molecule has 4 nitrogen and oxygen atoms in total. The van der Waals surface area contributed by atoms with Crippen LogP contribution in [-0.4, -0.2) is 18.6 Å². The molecule has 0 unspecified atom stereocenters. The minimum absolute atomic E-state index is 0.597. The highest BCUT2D eigenvalue weighted by Gasteiger charge is 2.11. The van der Waals surface area contributed by atoms with Crippen molar-refractivity contribution in [3.63, 3.8) is 0 Å². The van der Waals surface area contributed by atoms with Crippen molar-refractivity contribution >= 4 is 0 Å². The van der Waals surface area contributed by atoms with Crippen LogP contribution in [0.2, 0.25) is 0 Å². The van der Waals surface area contributed by atoms with Crippen molar-refractivity contribution in [2.75, 3.05) is 13.7 Å². The average molecular weight is 232 g/mol. The lowest BCUT2D eigenvalue weighted by Gasteiger charge is -2.06. The Morgan fingerprint density at radius 2 is 2.18 bits per heavy atom. The molecule has 1 aromatic carbocycles. The van der Waals surface area contributed by atoms with Crippen molar-refractivity contribution in [2.45, 2.75) is 13.5 Å². The maximum atomic E-state index is 5.55. The summed E-state index contributed by atoms with van der Waals surface area (Å²) >= 11 is 0. The molecule has 0 spiro atoms. The van der Waals surface area contributed by atoms with Crippen molar-refractivity contribution in [3.05, 3.63) is 36.2 Å². The van der Waals surface area contributed by atoms with Crippen LogP contribution in [0.4, 0.5) is 0 Å². The first-order valence-electron chi connectivity index (χ1n) is 5.66. The summed E-state index contributed by atoms with van der Waals surface area (Å²) in [5.41, 5.74) is 1.77. The van der Waals surface area contributed by atoms with Crippen LogP contribution in [0.25, 0.3) is 11.5 Å². The van der Waals surface area contributed by atoms with Crippen molar-refractivity contribution in [2.24, 2.45) is 0 Å². The van der Waals surface area contributed by atoms with Crippen LogP contribution in [0, 0.1) is 0 Å². The summed E-state index contributed by atoms with van der Waals surface area (Å²) < 4.78 is 11.0. The van der Waals surface area contributed by atoms with Gasteiger partial charge in [0.05, 0.1) is 17.9 Å². The van der Waals surface area contributed by atoms with Crippen LogP contribution in [0.1, 0.15) is 12.6 Å². The molecule has 2 rings (SSSR count). The molecule has 2 aromatic rings. The van der Waals surface area contributed by atoms with Crippen LogP contribution in [0.5, 0.6) is 5.75 Å². The van der Waals surface area contributed by atoms with Gasteiger partial charge >= 0.3 is 0 Å². The molecule has 0 aliphatic carbocycles. The minimum Gasteiger partial charge on any atom is -0.493 e. The summed E-state index contributed by atoms with van der Waals surface area (Å²) in [6, 6.07) is 7.74. The highest BCUT2D eigenvalue weighted by molar-refractivity contribution is 5.62. The molecule has 17 heavy (non-hydrogen) atoms. The van der Waals surface area contributed by atoms with Gasteiger partial charge in [0.25, 0.3) is 0 Å². The third-order valence-electron chi connectivity index (χ3n) is 2.33. The second kappa shape index (κ2) is 5.50. The summed E-state index contributed by atoms with van der Waals surface area (Å²) in [5.74, 6) is 1.40. The van der Waals surface area contributed by atoms with Crippen LogP contribution in [0.15, 0.2) is 34.9 Å². The Hall–Kier alpha value is -1.81. The molecule has 1 N–H and O–H groups in total. The van der Waals surface area contributed by atoms with Gasteiger partial charge in [-0.15, -0.1) is 0 Å². The predicted molar refractivity (Wildman–Crippen MR) is 65.9 cm³/mol. The number of rotatable bonds is 5. The molecule has 90 valence electrons. The zero-order valence-electron chi connectivity index (χ0n) is 10.1. The molecule has 0 saturated carbocycles. The number of hydrogen-bond donors (Lipinski definition) is 1. The molecule has 0 bridgehead atoms. The first kappa shape index (κ1) is 11.7. The van der Waals surface area contributed by atoms with Gasteiger partial charge < -0.3 is 14.5 Å². The fourth-order valence-corrected chi connectivity index (χ4v) is 1.62. The zero-order valence-corrected chi connectivity index (χ0v) is 10.1. The molecule has 0 saturated heterocycles. The molecule has 0 aliphatic heterocycles. The van der Waals surface area contributed by atoms with Gasteiger partial charge in [-0.2, -0.15) is 0 Å². The highest BCUT2D eigenvalue weighted by Crippen LogP contribution is 2.29. The van der Waals surface area contributed by atoms with Crippen LogP contribution >= 0.6 is 0 Å². The first-order valence-corrected chi connectivity index (χ1v) is 5.66. The Kier molecular flexibility index (Phi) is 3.77. The first-order chi connectivity index (χ1) is 8.35. The van der Waals surface area contributed by atoms with Gasteiger partial charge in [0.1, 0.15) is 12.0 Å². The Bertz CT molecular complexity index is 480. The minimum atomic E-state index is 0.597. The second-order valence-corrected chi connectivity index (χ2v) is 3.60. The maximum Gasteiger partial charge on any atom is 0.229 e. The SMILES string of the molecule is CCOc1ccccc1-c1nc(CNC)co1. The number of hydrogen-bond acceptors (Lipinski definition) is 4. The largest absolute Gasteiger partial charge is 0.493 e. The molecule has 0 aliphatic rings. The van der Waals surface area contributed by atoms with E-state index in [1.54, 1.807) is 6.26 Å². The Labute approximate surface area is 101 Å². The Morgan fingerprint density at radius 1 is 1.35 bits per heavy atom. The molecular weight excluding hydrogens is 216 g/mol. The van der Waals surface area contributed by atoms with Crippen molar-refractivity contribution in [1.29, 1.82) is 0 Å². The lowest BCUT2D eigenvalue weighted by Crippen LogP contribution is -2.04. The quantitative estimate of drug-likeness (QED) is 0.860. The number of benzene rings is 1. The van der Waals surface area contributed by atoms with E-state index >= 15 is 0 Å². The molecule has 1 heterocycles. The van der Waals surface area contributed by atoms with E-state index in [9.17, 15) is 0 Å². The Morgan fingerprint density at radius 3 is 2.94 bits per heavy atom. The van der Waals surface area contributed by atoms with Crippen LogP contribution in [0.3, 0.4) is 0 Å². The molecule has 0 amide bonds. The molecule has 0 atom stereocenters. The standard InChI is InChI=1S/C13H16N2O2/c1-3-16-12-7-5-4-6-11(12)13-15-10(8-14-2)9-17-13/h4-7,9,14H,3,8H2,1-2H3. The zero-order chi connectivity index (χ0) is 12.1. The highest BCUT2D eigenvalue weighted by atomic mass is 16.5. The number of nitrogens with zero attached hydrogens (tertiary/aromatic N) is 1. The third kappa shape index (κ3) is 2.65. The van der Waals surface area contributed by atoms with Crippen molar-refractivity contribution < 1.29 is 9.15 Å². The lowest BCUT2D eigenvalue weighted by molar-refractivity contribution is 0.340. The van der Waals surface area contributed by atoms with Gasteiger partial charge in [0, 0.05) is 6.54 Å². The number of nitrogens with one attached hydrogen (secondary N) is 1. The number of ether oxygens (including phenoxy) is 1. The second-order valence-electron chi connectivity index (χ2n) is 3.60. The van der Waals surface area contributed by atoms with Gasteiger partial charge in [-0.1, -0.05) is 12.1 Å². The topological polar surface area (TPSA) is 47.3 Å². The van der Waals surface area contributed by atoms with Gasteiger partial charge in [-0.25, -0.2) is 4.98 Å². The summed E-state index contributed by atoms with van der Waals surface area (Å²) in [4.78, 5) is 4.40. The third-order valence-corrected chi connectivity index (χ3v) is 2.33. The van der Waals surface area contributed by atoms with E-state index < -0.39 is 0 Å². The number of oxazole rings is 1. The van der Waals surface area contributed by atoms with E-state index in [1.165, 1.54) is 0 Å². The molecule has 4 heteroatoms. The van der Waals surface area contributed by atoms with Crippen molar-refractivity contribution in [1.82, 2.24) is 10.3 Å². The van der Waals surface area contributed by atoms with Gasteiger partial charge in [0.15, 0.2) is 0 Å². The summed E-state index contributed by atoms with van der Waals surface area (Å²) in [7, 11) is 1.88. The van der Waals surface area contributed by atoms with Crippen molar-refractivity contribution in [3.8, 4) is 17.2 Å². The molecule has 1 aromatic heterocycles. The average Bonchev–Trinajstić information content (AvgIpc) is 2.79. The normalized spacial score (nSPS) is 10.5. The van der Waals surface area contributed by atoms with E-state index in [4.69, 9.17) is 9.15 Å². The van der Waals surface area contributed by atoms with Gasteiger partial charge in [-0.3, -0.25) is 0 Å². The van der Waals surface area contributed by atoms with E-state index in [0.717, 1.165) is 17.0 Å². The van der Waals surface area contributed by atoms with Crippen LogP contribution < -0.4 is 10.1 Å². The van der Waals surface area contributed by atoms with Crippen LogP contribution in [-0.2, 0) is 6.54 Å².